The van der Waals surface area contributed by atoms with Gasteiger partial charge in [0.2, 0.25) is 0 Å². The van der Waals surface area contributed by atoms with Crippen LogP contribution in [0.15, 0.2) is 6.20 Å². The molecule has 2 aromatic rings. The van der Waals surface area contributed by atoms with Crippen LogP contribution in [0.1, 0.15) is 36.8 Å². The van der Waals surface area contributed by atoms with Crippen LogP contribution in [0.5, 0.6) is 0 Å². The second kappa shape index (κ2) is 4.95. The minimum Gasteiger partial charge on any atom is -0.394 e. The molecule has 0 radical (unpaired) electrons. The third-order valence-corrected chi connectivity index (χ3v) is 3.40. The van der Waals surface area contributed by atoms with Crippen LogP contribution in [0.2, 0.25) is 0 Å². The highest BCUT2D eigenvalue weighted by Gasteiger charge is 2.15. The maximum Gasteiger partial charge on any atom is 0.148 e. The Hall–Kier alpha value is -1.98. The summed E-state index contributed by atoms with van der Waals surface area (Å²) in [4.78, 5) is 0. The molecule has 104 valence electrons. The number of anilines is 2. The Morgan fingerprint density at radius 3 is 2.58 bits per heavy atom. The third kappa shape index (κ3) is 2.43. The molecule has 0 saturated carbocycles. The topological polar surface area (TPSA) is 73.7 Å². The first-order valence-electron chi connectivity index (χ1n) is 6.47. The maximum atomic E-state index is 6.08. The fraction of sp³-hybridized carbons (Fsp3) is 0.538. The van der Waals surface area contributed by atoms with E-state index in [1.807, 2.05) is 29.5 Å². The number of nitrogen functional groups attached to an aromatic ring is 1. The molecular weight excluding hydrogens is 240 g/mol. The van der Waals surface area contributed by atoms with E-state index in [0.717, 1.165) is 28.5 Å². The van der Waals surface area contributed by atoms with Gasteiger partial charge in [0.1, 0.15) is 5.82 Å². The van der Waals surface area contributed by atoms with E-state index in [0.29, 0.717) is 6.54 Å². The van der Waals surface area contributed by atoms with Gasteiger partial charge in [-0.25, -0.2) is 4.68 Å². The molecule has 0 fully saturated rings. The average molecular weight is 262 g/mol. The standard InChI is InChI=1S/C13H22N6/c1-8(2)19-13(12(14)9(3)17-19)15-6-11-7-16-18(5)10(11)4/h7-8,15H,6,14H2,1-5H3. The van der Waals surface area contributed by atoms with Gasteiger partial charge in [0.15, 0.2) is 0 Å². The first-order valence-corrected chi connectivity index (χ1v) is 6.47. The molecule has 0 amide bonds. The van der Waals surface area contributed by atoms with Gasteiger partial charge in [-0.05, 0) is 27.7 Å². The Labute approximate surface area is 113 Å². The monoisotopic (exact) mass is 262 g/mol. The second-order valence-corrected chi connectivity index (χ2v) is 5.12. The molecule has 6 nitrogen and oxygen atoms in total. The van der Waals surface area contributed by atoms with E-state index < -0.39 is 0 Å². The van der Waals surface area contributed by atoms with Crippen LogP contribution in [-0.4, -0.2) is 19.6 Å². The SMILES string of the molecule is Cc1nn(C(C)C)c(NCc2cnn(C)c2C)c1N. The number of nitrogens with one attached hydrogen (secondary N) is 1. The van der Waals surface area contributed by atoms with Crippen molar-refractivity contribution in [2.45, 2.75) is 40.3 Å². The molecule has 0 aliphatic carbocycles. The van der Waals surface area contributed by atoms with Crippen molar-refractivity contribution in [3.63, 3.8) is 0 Å². The van der Waals surface area contributed by atoms with Crippen molar-refractivity contribution in [2.24, 2.45) is 7.05 Å². The normalized spacial score (nSPS) is 11.3. The molecule has 3 N–H and O–H groups in total. The van der Waals surface area contributed by atoms with Crippen LogP contribution in [0.4, 0.5) is 11.5 Å². The summed E-state index contributed by atoms with van der Waals surface area (Å²) in [6, 6.07) is 0.272. The van der Waals surface area contributed by atoms with E-state index in [1.165, 1.54) is 0 Å². The lowest BCUT2D eigenvalue weighted by molar-refractivity contribution is 0.534. The Morgan fingerprint density at radius 2 is 2.05 bits per heavy atom. The molecule has 0 aliphatic rings. The molecule has 0 aromatic carbocycles. The maximum absolute atomic E-state index is 6.08. The van der Waals surface area contributed by atoms with Gasteiger partial charge in [-0.3, -0.25) is 4.68 Å². The number of hydrogen-bond acceptors (Lipinski definition) is 4. The molecule has 0 aliphatic heterocycles. The predicted octanol–water partition coefficient (Wildman–Crippen LogP) is 2.01. The van der Waals surface area contributed by atoms with Gasteiger partial charge in [-0.15, -0.1) is 0 Å². The van der Waals surface area contributed by atoms with Crippen LogP contribution in [0.25, 0.3) is 0 Å². The van der Waals surface area contributed by atoms with E-state index in [9.17, 15) is 0 Å². The van der Waals surface area contributed by atoms with Gasteiger partial charge in [0.05, 0.1) is 17.6 Å². The predicted molar refractivity (Wildman–Crippen MR) is 77.0 cm³/mol. The summed E-state index contributed by atoms with van der Waals surface area (Å²) >= 11 is 0. The smallest absolute Gasteiger partial charge is 0.148 e. The molecule has 0 bridgehead atoms. The van der Waals surface area contributed by atoms with Crippen molar-refractivity contribution in [2.75, 3.05) is 11.1 Å². The highest BCUT2D eigenvalue weighted by Crippen LogP contribution is 2.26. The second-order valence-electron chi connectivity index (χ2n) is 5.12. The van der Waals surface area contributed by atoms with Crippen LogP contribution in [-0.2, 0) is 13.6 Å². The van der Waals surface area contributed by atoms with Gasteiger partial charge >= 0.3 is 0 Å². The fourth-order valence-corrected chi connectivity index (χ4v) is 2.01. The molecule has 2 heterocycles. The Morgan fingerprint density at radius 1 is 1.37 bits per heavy atom. The summed E-state index contributed by atoms with van der Waals surface area (Å²) in [6.45, 7) is 8.85. The van der Waals surface area contributed by atoms with Gasteiger partial charge in [-0.1, -0.05) is 0 Å². The zero-order chi connectivity index (χ0) is 14.2. The van der Waals surface area contributed by atoms with Gasteiger partial charge in [0.25, 0.3) is 0 Å². The Balaban J connectivity index is 2.22. The Kier molecular flexibility index (Phi) is 3.50. The third-order valence-electron chi connectivity index (χ3n) is 3.40. The van der Waals surface area contributed by atoms with E-state index in [-0.39, 0.29) is 6.04 Å². The van der Waals surface area contributed by atoms with Crippen molar-refractivity contribution in [3.8, 4) is 0 Å². The first kappa shape index (κ1) is 13.5. The fourth-order valence-electron chi connectivity index (χ4n) is 2.01. The Bertz CT molecular complexity index is 578. The molecule has 2 aromatic heterocycles. The highest BCUT2D eigenvalue weighted by molar-refractivity contribution is 5.65. The molecular formula is C13H22N6. The summed E-state index contributed by atoms with van der Waals surface area (Å²) in [5.74, 6) is 0.885. The number of hydrogen-bond donors (Lipinski definition) is 2. The summed E-state index contributed by atoms with van der Waals surface area (Å²) in [6.07, 6.45) is 1.88. The summed E-state index contributed by atoms with van der Waals surface area (Å²) in [7, 11) is 1.94. The van der Waals surface area contributed by atoms with Crippen LogP contribution in [0.3, 0.4) is 0 Å². The van der Waals surface area contributed by atoms with Crippen LogP contribution < -0.4 is 11.1 Å². The van der Waals surface area contributed by atoms with Crippen molar-refractivity contribution in [3.05, 3.63) is 23.1 Å². The quantitative estimate of drug-likeness (QED) is 0.884. The number of rotatable bonds is 4. The highest BCUT2D eigenvalue weighted by atomic mass is 15.4. The average Bonchev–Trinajstić information content (AvgIpc) is 2.82. The van der Waals surface area contributed by atoms with Crippen molar-refractivity contribution in [1.29, 1.82) is 0 Å². The van der Waals surface area contributed by atoms with Gasteiger partial charge in [0, 0.05) is 30.9 Å². The lowest BCUT2D eigenvalue weighted by atomic mass is 10.2. The van der Waals surface area contributed by atoms with Crippen molar-refractivity contribution < 1.29 is 0 Å². The van der Waals surface area contributed by atoms with E-state index in [1.54, 1.807) is 0 Å². The van der Waals surface area contributed by atoms with Crippen LogP contribution in [0, 0.1) is 13.8 Å². The van der Waals surface area contributed by atoms with Gasteiger partial charge in [-0.2, -0.15) is 10.2 Å². The molecule has 0 atom stereocenters. The molecule has 2 rings (SSSR count). The van der Waals surface area contributed by atoms with Gasteiger partial charge < -0.3 is 11.1 Å². The van der Waals surface area contributed by atoms with E-state index >= 15 is 0 Å². The minimum atomic E-state index is 0.272. The number of aromatic nitrogens is 4. The van der Waals surface area contributed by atoms with Crippen molar-refractivity contribution in [1.82, 2.24) is 19.6 Å². The molecule has 6 heteroatoms. The van der Waals surface area contributed by atoms with Crippen LogP contribution >= 0.6 is 0 Å². The minimum absolute atomic E-state index is 0.272. The van der Waals surface area contributed by atoms with Crippen molar-refractivity contribution >= 4 is 11.5 Å². The largest absolute Gasteiger partial charge is 0.394 e. The molecule has 0 spiro atoms. The first-order chi connectivity index (χ1) is 8.91. The number of aryl methyl sites for hydroxylation is 2. The zero-order valence-electron chi connectivity index (χ0n) is 12.2. The lowest BCUT2D eigenvalue weighted by Gasteiger charge is -2.13. The molecule has 0 unspecified atom stereocenters. The summed E-state index contributed by atoms with van der Waals surface area (Å²) < 4.78 is 3.79. The molecule has 0 saturated heterocycles. The number of nitrogens with zero attached hydrogens (tertiary/aromatic N) is 4. The summed E-state index contributed by atoms with van der Waals surface area (Å²) in [5, 5.41) is 12.1. The summed E-state index contributed by atoms with van der Waals surface area (Å²) in [5.41, 5.74) is 9.97. The number of nitrogens with two attached hydrogens (primary N) is 1. The molecule has 19 heavy (non-hydrogen) atoms. The zero-order valence-corrected chi connectivity index (χ0v) is 12.2. The van der Waals surface area contributed by atoms with E-state index in [4.69, 9.17) is 5.73 Å². The lowest BCUT2D eigenvalue weighted by Crippen LogP contribution is -2.11. The van der Waals surface area contributed by atoms with E-state index in [2.05, 4.69) is 36.3 Å².